The van der Waals surface area contributed by atoms with Crippen molar-refractivity contribution in [3.8, 4) is 0 Å². The van der Waals surface area contributed by atoms with Crippen LogP contribution in [0.15, 0.2) is 59.5 Å². The Bertz CT molecular complexity index is 796. The van der Waals surface area contributed by atoms with E-state index in [1.807, 2.05) is 30.3 Å². The van der Waals surface area contributed by atoms with Crippen LogP contribution >= 0.6 is 0 Å². The van der Waals surface area contributed by atoms with E-state index in [1.165, 1.54) is 12.3 Å². The summed E-state index contributed by atoms with van der Waals surface area (Å²) in [7, 11) is 0. The normalized spacial score (nSPS) is 10.7. The highest BCUT2D eigenvalue weighted by Crippen LogP contribution is 2.20. The second-order valence-corrected chi connectivity index (χ2v) is 4.57. The third-order valence-corrected chi connectivity index (χ3v) is 3.16. The van der Waals surface area contributed by atoms with E-state index in [9.17, 15) is 9.18 Å². The van der Waals surface area contributed by atoms with Gasteiger partial charge in [0.2, 0.25) is 0 Å². The lowest BCUT2D eigenvalue weighted by molar-refractivity contribution is 0.639. The van der Waals surface area contributed by atoms with Crippen molar-refractivity contribution in [1.82, 2.24) is 4.98 Å². The van der Waals surface area contributed by atoms with E-state index in [2.05, 4.69) is 10.3 Å². The van der Waals surface area contributed by atoms with Crippen molar-refractivity contribution in [2.75, 3.05) is 5.32 Å². The summed E-state index contributed by atoms with van der Waals surface area (Å²) >= 11 is 0. The van der Waals surface area contributed by atoms with E-state index in [1.54, 1.807) is 12.1 Å². The molecule has 0 saturated heterocycles. The van der Waals surface area contributed by atoms with Gasteiger partial charge in [-0.2, -0.15) is 0 Å². The molecule has 0 amide bonds. The van der Waals surface area contributed by atoms with Crippen molar-refractivity contribution in [1.29, 1.82) is 0 Å². The standard InChI is InChI=1S/C16H13FN2O/c17-14-9-13(19-10-11-4-2-1-3-5-11)8-12-6-7-18-16(20)15(12)14/h1-9,19H,10H2,(H,18,20). The van der Waals surface area contributed by atoms with E-state index in [0.29, 0.717) is 17.6 Å². The number of benzene rings is 2. The van der Waals surface area contributed by atoms with Gasteiger partial charge in [0, 0.05) is 18.4 Å². The van der Waals surface area contributed by atoms with Gasteiger partial charge in [-0.1, -0.05) is 30.3 Å². The first-order valence-corrected chi connectivity index (χ1v) is 6.33. The maximum atomic E-state index is 14.0. The summed E-state index contributed by atoms with van der Waals surface area (Å²) in [5, 5.41) is 3.84. The molecule has 3 nitrogen and oxygen atoms in total. The van der Waals surface area contributed by atoms with E-state index >= 15 is 0 Å². The molecule has 0 fully saturated rings. The molecular formula is C16H13FN2O. The zero-order valence-electron chi connectivity index (χ0n) is 10.7. The van der Waals surface area contributed by atoms with Crippen LogP contribution in [0.5, 0.6) is 0 Å². The number of nitrogens with one attached hydrogen (secondary N) is 2. The number of hydrogen-bond donors (Lipinski definition) is 2. The molecule has 3 rings (SSSR count). The molecule has 2 aromatic carbocycles. The largest absolute Gasteiger partial charge is 0.381 e. The number of rotatable bonds is 3. The van der Waals surface area contributed by atoms with Gasteiger partial charge < -0.3 is 10.3 Å². The topological polar surface area (TPSA) is 44.9 Å². The van der Waals surface area contributed by atoms with Gasteiger partial charge in [-0.15, -0.1) is 0 Å². The van der Waals surface area contributed by atoms with Crippen LogP contribution in [-0.2, 0) is 6.54 Å². The van der Waals surface area contributed by atoms with Gasteiger partial charge in [0.15, 0.2) is 0 Å². The molecule has 1 heterocycles. The van der Waals surface area contributed by atoms with Crippen molar-refractivity contribution >= 4 is 16.5 Å². The number of pyridine rings is 1. The van der Waals surface area contributed by atoms with Crippen LogP contribution < -0.4 is 10.9 Å². The molecule has 20 heavy (non-hydrogen) atoms. The Morgan fingerprint density at radius 1 is 1.10 bits per heavy atom. The lowest BCUT2D eigenvalue weighted by Crippen LogP contribution is -2.07. The third kappa shape index (κ3) is 2.40. The number of hydrogen-bond acceptors (Lipinski definition) is 2. The fourth-order valence-electron chi connectivity index (χ4n) is 2.18. The number of halogens is 1. The van der Waals surface area contributed by atoms with Crippen LogP contribution in [0.4, 0.5) is 10.1 Å². The van der Waals surface area contributed by atoms with Crippen LogP contribution in [0.1, 0.15) is 5.56 Å². The molecule has 1 aromatic heterocycles. The van der Waals surface area contributed by atoms with E-state index in [-0.39, 0.29) is 5.39 Å². The quantitative estimate of drug-likeness (QED) is 0.765. The Balaban J connectivity index is 1.92. The van der Waals surface area contributed by atoms with E-state index in [0.717, 1.165) is 5.56 Å². The average molecular weight is 268 g/mol. The fourth-order valence-corrected chi connectivity index (χ4v) is 2.18. The van der Waals surface area contributed by atoms with Gasteiger partial charge in [-0.3, -0.25) is 4.79 Å². The Labute approximate surface area is 115 Å². The first-order valence-electron chi connectivity index (χ1n) is 6.33. The molecule has 0 aliphatic heterocycles. The molecule has 0 saturated carbocycles. The van der Waals surface area contributed by atoms with Crippen molar-refractivity contribution in [3.05, 3.63) is 76.5 Å². The molecule has 100 valence electrons. The monoisotopic (exact) mass is 268 g/mol. The third-order valence-electron chi connectivity index (χ3n) is 3.16. The van der Waals surface area contributed by atoms with Gasteiger partial charge in [-0.25, -0.2) is 4.39 Å². The number of aromatic amines is 1. The highest BCUT2D eigenvalue weighted by Gasteiger charge is 2.07. The SMILES string of the molecule is O=c1[nH]ccc2cc(NCc3ccccc3)cc(F)c12. The summed E-state index contributed by atoms with van der Waals surface area (Å²) in [5.41, 5.74) is 1.36. The Kier molecular flexibility index (Phi) is 3.21. The minimum atomic E-state index is -0.514. The number of fused-ring (bicyclic) bond motifs is 1. The molecule has 4 heteroatoms. The van der Waals surface area contributed by atoms with E-state index < -0.39 is 11.4 Å². The minimum Gasteiger partial charge on any atom is -0.381 e. The van der Waals surface area contributed by atoms with Gasteiger partial charge in [0.1, 0.15) is 5.82 Å². The van der Waals surface area contributed by atoms with Gasteiger partial charge >= 0.3 is 0 Å². The predicted molar refractivity (Wildman–Crippen MR) is 78.3 cm³/mol. The summed E-state index contributed by atoms with van der Waals surface area (Å²) in [4.78, 5) is 14.1. The lowest BCUT2D eigenvalue weighted by atomic mass is 10.1. The maximum Gasteiger partial charge on any atom is 0.258 e. The Morgan fingerprint density at radius 3 is 2.70 bits per heavy atom. The van der Waals surface area contributed by atoms with Crippen molar-refractivity contribution in [2.45, 2.75) is 6.54 Å². The van der Waals surface area contributed by atoms with Crippen molar-refractivity contribution < 1.29 is 4.39 Å². The van der Waals surface area contributed by atoms with Gasteiger partial charge in [0.05, 0.1) is 5.39 Å². The van der Waals surface area contributed by atoms with E-state index in [4.69, 9.17) is 0 Å². The second kappa shape index (κ2) is 5.17. The highest BCUT2D eigenvalue weighted by molar-refractivity contribution is 5.85. The van der Waals surface area contributed by atoms with Gasteiger partial charge in [-0.05, 0) is 29.1 Å². The Morgan fingerprint density at radius 2 is 1.90 bits per heavy atom. The first kappa shape index (κ1) is 12.4. The first-order chi connectivity index (χ1) is 9.74. The van der Waals surface area contributed by atoms with Crippen molar-refractivity contribution in [2.24, 2.45) is 0 Å². The predicted octanol–water partition coefficient (Wildman–Crippen LogP) is 3.28. The molecular weight excluding hydrogens is 255 g/mol. The van der Waals surface area contributed by atoms with Crippen LogP contribution in [0.25, 0.3) is 10.8 Å². The molecule has 0 unspecified atom stereocenters. The molecule has 2 N–H and O–H groups in total. The highest BCUT2D eigenvalue weighted by atomic mass is 19.1. The number of aromatic nitrogens is 1. The fraction of sp³-hybridized carbons (Fsp3) is 0.0625. The van der Waals surface area contributed by atoms with Crippen LogP contribution in [-0.4, -0.2) is 4.98 Å². The Hall–Kier alpha value is -2.62. The van der Waals surface area contributed by atoms with Crippen LogP contribution in [0.3, 0.4) is 0 Å². The minimum absolute atomic E-state index is 0.0951. The summed E-state index contributed by atoms with van der Waals surface area (Å²) in [6.07, 6.45) is 1.52. The summed E-state index contributed by atoms with van der Waals surface area (Å²) in [5.74, 6) is -0.514. The van der Waals surface area contributed by atoms with Crippen LogP contribution in [0.2, 0.25) is 0 Å². The molecule has 0 atom stereocenters. The average Bonchev–Trinajstić information content (AvgIpc) is 2.46. The summed E-state index contributed by atoms with van der Waals surface area (Å²) < 4.78 is 14.0. The molecule has 3 aromatic rings. The zero-order chi connectivity index (χ0) is 13.9. The molecule has 0 bridgehead atoms. The second-order valence-electron chi connectivity index (χ2n) is 4.57. The lowest BCUT2D eigenvalue weighted by Gasteiger charge is -2.08. The summed E-state index contributed by atoms with van der Waals surface area (Å²) in [6, 6.07) is 14.7. The number of H-pyrrole nitrogens is 1. The number of anilines is 1. The summed E-state index contributed by atoms with van der Waals surface area (Å²) in [6.45, 7) is 0.606. The zero-order valence-corrected chi connectivity index (χ0v) is 10.7. The molecule has 0 aliphatic rings. The maximum absolute atomic E-state index is 14.0. The van der Waals surface area contributed by atoms with Crippen LogP contribution in [0, 0.1) is 5.82 Å². The molecule has 0 spiro atoms. The van der Waals surface area contributed by atoms with Gasteiger partial charge in [0.25, 0.3) is 5.56 Å². The van der Waals surface area contributed by atoms with Crippen molar-refractivity contribution in [3.63, 3.8) is 0 Å². The molecule has 0 radical (unpaired) electrons. The molecule has 0 aliphatic carbocycles. The smallest absolute Gasteiger partial charge is 0.258 e.